The van der Waals surface area contributed by atoms with Crippen LogP contribution < -0.4 is 18.9 Å². The van der Waals surface area contributed by atoms with Crippen molar-refractivity contribution in [1.29, 1.82) is 0 Å². The van der Waals surface area contributed by atoms with Crippen LogP contribution in [0.3, 0.4) is 0 Å². The first-order valence-electron chi connectivity index (χ1n) is 11.9. The van der Waals surface area contributed by atoms with Crippen LogP contribution in [0.5, 0.6) is 23.0 Å². The number of aryl methyl sites for hydroxylation is 1. The zero-order valence-corrected chi connectivity index (χ0v) is 19.9. The van der Waals surface area contributed by atoms with E-state index in [0.717, 1.165) is 48.8 Å². The molecule has 34 heavy (non-hydrogen) atoms. The molecule has 5 heteroatoms. The molecule has 0 radical (unpaired) electrons. The van der Waals surface area contributed by atoms with Crippen molar-refractivity contribution >= 4 is 11.3 Å². The van der Waals surface area contributed by atoms with Crippen LogP contribution in [-0.2, 0) is 12.8 Å². The third-order valence-electron chi connectivity index (χ3n) is 7.35. The Morgan fingerprint density at radius 3 is 2.47 bits per heavy atom. The molecule has 1 atom stereocenters. The average Bonchev–Trinajstić information content (AvgIpc) is 3.34. The molecule has 1 unspecified atom stereocenters. The molecule has 3 aliphatic heterocycles. The first-order chi connectivity index (χ1) is 16.7. The summed E-state index contributed by atoms with van der Waals surface area (Å²) < 4.78 is 23.0. The molecular formula is C29H29NO4. The van der Waals surface area contributed by atoms with Crippen molar-refractivity contribution in [1.82, 2.24) is 4.90 Å². The normalized spacial score (nSPS) is 17.7. The van der Waals surface area contributed by atoms with Crippen molar-refractivity contribution in [2.24, 2.45) is 0 Å². The maximum Gasteiger partial charge on any atom is 0.231 e. The van der Waals surface area contributed by atoms with E-state index in [1.807, 2.05) is 6.07 Å². The minimum Gasteiger partial charge on any atom is -0.493 e. The van der Waals surface area contributed by atoms with Crippen LogP contribution in [-0.4, -0.2) is 32.5 Å². The van der Waals surface area contributed by atoms with Gasteiger partial charge in [0.2, 0.25) is 6.79 Å². The van der Waals surface area contributed by atoms with E-state index in [1.54, 1.807) is 14.2 Å². The zero-order chi connectivity index (χ0) is 23.2. The molecule has 0 aliphatic carbocycles. The smallest absolute Gasteiger partial charge is 0.231 e. The van der Waals surface area contributed by atoms with E-state index in [-0.39, 0.29) is 12.8 Å². The quantitative estimate of drug-likeness (QED) is 0.481. The van der Waals surface area contributed by atoms with E-state index in [4.69, 9.17) is 18.9 Å². The number of nitrogens with zero attached hydrogens (tertiary/aromatic N) is 1. The molecule has 3 aliphatic rings. The van der Waals surface area contributed by atoms with E-state index in [1.165, 1.54) is 39.1 Å². The Bertz CT molecular complexity index is 1280. The Balaban J connectivity index is 1.57. The lowest BCUT2D eigenvalue weighted by Crippen LogP contribution is -2.36. The van der Waals surface area contributed by atoms with Crippen LogP contribution in [0.15, 0.2) is 54.6 Å². The maximum absolute atomic E-state index is 5.92. The number of methoxy groups -OCH3 is 2. The monoisotopic (exact) mass is 455 g/mol. The molecular weight excluding hydrogens is 426 g/mol. The Morgan fingerprint density at radius 1 is 0.912 bits per heavy atom. The lowest BCUT2D eigenvalue weighted by molar-refractivity contribution is 0.174. The van der Waals surface area contributed by atoms with E-state index in [0.29, 0.717) is 0 Å². The summed E-state index contributed by atoms with van der Waals surface area (Å²) in [7, 11) is 3.44. The first kappa shape index (κ1) is 21.0. The van der Waals surface area contributed by atoms with Gasteiger partial charge in [0, 0.05) is 23.4 Å². The van der Waals surface area contributed by atoms with Gasteiger partial charge in [-0.3, -0.25) is 0 Å². The predicted octanol–water partition coefficient (Wildman–Crippen LogP) is 5.87. The molecule has 0 saturated heterocycles. The van der Waals surface area contributed by atoms with Gasteiger partial charge in [0.1, 0.15) is 0 Å². The van der Waals surface area contributed by atoms with Gasteiger partial charge in [-0.15, -0.1) is 0 Å². The molecule has 0 saturated carbocycles. The average molecular weight is 456 g/mol. The summed E-state index contributed by atoms with van der Waals surface area (Å²) in [6, 6.07) is 19.5. The Morgan fingerprint density at radius 2 is 1.71 bits per heavy atom. The molecule has 0 amide bonds. The summed E-state index contributed by atoms with van der Waals surface area (Å²) >= 11 is 0. The zero-order valence-electron chi connectivity index (χ0n) is 19.9. The number of rotatable bonds is 5. The third-order valence-corrected chi connectivity index (χ3v) is 7.35. The molecule has 0 fully saturated rings. The molecule has 3 aromatic rings. The van der Waals surface area contributed by atoms with Crippen LogP contribution in [0.25, 0.3) is 11.3 Å². The molecule has 0 N–H and O–H groups in total. The number of hydrogen-bond donors (Lipinski definition) is 0. The van der Waals surface area contributed by atoms with Crippen molar-refractivity contribution in [3.05, 3.63) is 82.4 Å². The van der Waals surface area contributed by atoms with Gasteiger partial charge < -0.3 is 23.8 Å². The highest BCUT2D eigenvalue weighted by atomic mass is 16.7. The largest absolute Gasteiger partial charge is 0.493 e. The minimum atomic E-state index is 0.161. The van der Waals surface area contributed by atoms with Crippen LogP contribution in [0.4, 0.5) is 0 Å². The van der Waals surface area contributed by atoms with Gasteiger partial charge in [-0.2, -0.15) is 0 Å². The Hall–Kier alpha value is -3.60. The fourth-order valence-electron chi connectivity index (χ4n) is 5.72. The number of ether oxygens (including phenoxy) is 4. The molecule has 5 nitrogen and oxygen atoms in total. The Labute approximate surface area is 200 Å². The second-order valence-electron chi connectivity index (χ2n) is 9.06. The molecule has 0 spiro atoms. The topological polar surface area (TPSA) is 40.2 Å². The van der Waals surface area contributed by atoms with E-state index < -0.39 is 0 Å². The van der Waals surface area contributed by atoms with E-state index >= 15 is 0 Å². The summed E-state index contributed by atoms with van der Waals surface area (Å²) in [6.07, 6.45) is 2.86. The molecule has 6 rings (SSSR count). The van der Waals surface area contributed by atoms with E-state index in [2.05, 4.69) is 60.4 Å². The fourth-order valence-corrected chi connectivity index (χ4v) is 5.72. The second kappa shape index (κ2) is 8.32. The van der Waals surface area contributed by atoms with E-state index in [9.17, 15) is 0 Å². The summed E-state index contributed by atoms with van der Waals surface area (Å²) in [5.41, 5.74) is 9.02. The van der Waals surface area contributed by atoms with Gasteiger partial charge in [0.25, 0.3) is 0 Å². The maximum atomic E-state index is 5.92. The van der Waals surface area contributed by atoms with Crippen molar-refractivity contribution in [3.63, 3.8) is 0 Å². The SMILES string of the molecule is COc1ccc2c(c1OC)C(C)N1CCc3cc4c(cc3C1=C2CCc1ccccc1)OCO4. The molecule has 0 aromatic heterocycles. The van der Waals surface area contributed by atoms with Gasteiger partial charge in [-0.25, -0.2) is 0 Å². The van der Waals surface area contributed by atoms with Gasteiger partial charge in [-0.1, -0.05) is 36.4 Å². The van der Waals surface area contributed by atoms with Gasteiger partial charge in [0.15, 0.2) is 23.0 Å². The highest BCUT2D eigenvalue weighted by Crippen LogP contribution is 2.53. The van der Waals surface area contributed by atoms with Crippen LogP contribution in [0.1, 0.15) is 47.2 Å². The van der Waals surface area contributed by atoms with Crippen LogP contribution in [0, 0.1) is 0 Å². The molecule has 3 heterocycles. The molecule has 0 bridgehead atoms. The number of fused-ring (bicyclic) bond motifs is 5. The summed E-state index contributed by atoms with van der Waals surface area (Å²) in [5.74, 6) is 3.30. The summed E-state index contributed by atoms with van der Waals surface area (Å²) in [4.78, 5) is 2.54. The van der Waals surface area contributed by atoms with Gasteiger partial charge >= 0.3 is 0 Å². The molecule has 174 valence electrons. The minimum absolute atomic E-state index is 0.161. The fraction of sp³-hybridized carbons (Fsp3) is 0.310. The number of hydrogen-bond acceptors (Lipinski definition) is 5. The standard InChI is InChI=1S/C29H29NO4/c1-18-27-21(11-12-24(31-2)29(27)32-3)22(10-9-19-7-5-4-6-8-19)28-23-16-26-25(33-17-34-26)15-20(23)13-14-30(18)28/h4-8,11-12,15-16,18H,9-10,13-14,17H2,1-3H3. The molecule has 3 aromatic carbocycles. The van der Waals surface area contributed by atoms with Gasteiger partial charge in [0.05, 0.1) is 20.3 Å². The van der Waals surface area contributed by atoms with Crippen molar-refractivity contribution in [3.8, 4) is 23.0 Å². The first-order valence-corrected chi connectivity index (χ1v) is 11.9. The van der Waals surface area contributed by atoms with Crippen molar-refractivity contribution in [2.75, 3.05) is 27.6 Å². The third kappa shape index (κ3) is 3.22. The predicted molar refractivity (Wildman–Crippen MR) is 133 cm³/mol. The second-order valence-corrected chi connectivity index (χ2v) is 9.06. The summed E-state index contributed by atoms with van der Waals surface area (Å²) in [5, 5.41) is 0. The highest BCUT2D eigenvalue weighted by molar-refractivity contribution is 5.95. The summed E-state index contributed by atoms with van der Waals surface area (Å²) in [6.45, 7) is 3.50. The highest BCUT2D eigenvalue weighted by Gasteiger charge is 2.37. The van der Waals surface area contributed by atoms with Crippen molar-refractivity contribution in [2.45, 2.75) is 32.2 Å². The van der Waals surface area contributed by atoms with Crippen LogP contribution in [0.2, 0.25) is 0 Å². The lowest BCUT2D eigenvalue weighted by Gasteiger charge is -2.44. The lowest BCUT2D eigenvalue weighted by atomic mass is 9.80. The van der Waals surface area contributed by atoms with Crippen LogP contribution >= 0.6 is 0 Å². The Kier molecular flexibility index (Phi) is 5.13. The van der Waals surface area contributed by atoms with Crippen molar-refractivity contribution < 1.29 is 18.9 Å². The number of benzene rings is 3. The number of allylic oxidation sites excluding steroid dienone is 1. The van der Waals surface area contributed by atoms with Gasteiger partial charge in [-0.05, 0) is 66.6 Å².